The molecule has 2 aromatic heterocycles. The lowest BCUT2D eigenvalue weighted by Crippen LogP contribution is -2.08. The minimum absolute atomic E-state index is 0.293. The van der Waals surface area contributed by atoms with Gasteiger partial charge in [-0.15, -0.1) is 0 Å². The maximum absolute atomic E-state index is 11.8. The zero-order chi connectivity index (χ0) is 14.8. The Hall–Kier alpha value is -2.69. The van der Waals surface area contributed by atoms with E-state index < -0.39 is 5.97 Å². The molecule has 0 saturated heterocycles. The predicted octanol–water partition coefficient (Wildman–Crippen LogP) is 2.81. The minimum Gasteiger partial charge on any atom is -0.461 e. The van der Waals surface area contributed by atoms with Crippen LogP contribution in [0.4, 0.5) is 0 Å². The van der Waals surface area contributed by atoms with Gasteiger partial charge in [0, 0.05) is 7.05 Å². The van der Waals surface area contributed by atoms with Gasteiger partial charge in [-0.1, -0.05) is 18.2 Å². The number of hydrogen-bond donors (Lipinski definition) is 0. The molecule has 0 N–H and O–H groups in total. The van der Waals surface area contributed by atoms with E-state index in [-0.39, 0.29) is 0 Å². The molecule has 0 spiro atoms. The van der Waals surface area contributed by atoms with Crippen LogP contribution in [-0.4, -0.2) is 27.1 Å². The monoisotopic (exact) mass is 281 g/mol. The molecular formula is C16H15N3O2. The Morgan fingerprint density at radius 3 is 2.71 bits per heavy atom. The number of rotatable bonds is 3. The number of aryl methyl sites for hydroxylation is 1. The van der Waals surface area contributed by atoms with Crippen LogP contribution >= 0.6 is 0 Å². The Labute approximate surface area is 122 Å². The molecule has 1 aromatic carbocycles. The van der Waals surface area contributed by atoms with E-state index in [0.29, 0.717) is 18.0 Å². The van der Waals surface area contributed by atoms with Crippen LogP contribution in [0.25, 0.3) is 22.6 Å². The highest BCUT2D eigenvalue weighted by atomic mass is 16.5. The zero-order valence-corrected chi connectivity index (χ0v) is 11.9. The number of benzene rings is 1. The second-order valence-corrected chi connectivity index (χ2v) is 4.61. The molecule has 0 unspecified atom stereocenters. The van der Waals surface area contributed by atoms with Crippen molar-refractivity contribution in [2.45, 2.75) is 6.92 Å². The maximum atomic E-state index is 11.8. The second kappa shape index (κ2) is 5.36. The Bertz CT molecular complexity index is 808. The molecule has 5 heteroatoms. The topological polar surface area (TPSA) is 57.0 Å². The van der Waals surface area contributed by atoms with Crippen molar-refractivity contribution >= 4 is 17.0 Å². The third-order valence-corrected chi connectivity index (χ3v) is 3.25. The summed E-state index contributed by atoms with van der Waals surface area (Å²) in [6, 6.07) is 13.1. The lowest BCUT2D eigenvalue weighted by atomic mass is 10.3. The molecule has 0 aliphatic rings. The van der Waals surface area contributed by atoms with E-state index in [1.807, 2.05) is 41.9 Å². The Kier molecular flexibility index (Phi) is 3.39. The van der Waals surface area contributed by atoms with Crippen molar-refractivity contribution in [3.8, 4) is 11.5 Å². The van der Waals surface area contributed by atoms with Gasteiger partial charge in [-0.3, -0.25) is 0 Å². The summed E-state index contributed by atoms with van der Waals surface area (Å²) in [5, 5.41) is 0. The van der Waals surface area contributed by atoms with Crippen molar-refractivity contribution in [3.05, 3.63) is 48.2 Å². The molecule has 0 amide bonds. The maximum Gasteiger partial charge on any atom is 0.356 e. The number of esters is 1. The molecule has 3 aromatic rings. The number of aromatic nitrogens is 3. The van der Waals surface area contributed by atoms with Gasteiger partial charge in [0.15, 0.2) is 5.82 Å². The SMILES string of the molecule is CCOC(=O)c1cccc(-c2nc3ccccc3n2C)n1. The number of fused-ring (bicyclic) bond motifs is 1. The van der Waals surface area contributed by atoms with Crippen LogP contribution in [0.5, 0.6) is 0 Å². The van der Waals surface area contributed by atoms with Gasteiger partial charge in [-0.25, -0.2) is 14.8 Å². The Morgan fingerprint density at radius 2 is 1.95 bits per heavy atom. The fraction of sp³-hybridized carbons (Fsp3) is 0.188. The van der Waals surface area contributed by atoms with Crippen molar-refractivity contribution in [1.82, 2.24) is 14.5 Å². The minimum atomic E-state index is -0.418. The van der Waals surface area contributed by atoms with E-state index >= 15 is 0 Å². The highest BCUT2D eigenvalue weighted by molar-refractivity contribution is 5.88. The van der Waals surface area contributed by atoms with E-state index in [0.717, 1.165) is 16.9 Å². The number of hydrogen-bond acceptors (Lipinski definition) is 4. The third kappa shape index (κ3) is 2.38. The average molecular weight is 281 g/mol. The molecule has 3 rings (SSSR count). The summed E-state index contributed by atoms with van der Waals surface area (Å²) in [6.07, 6.45) is 0. The summed E-state index contributed by atoms with van der Waals surface area (Å²) >= 11 is 0. The molecule has 106 valence electrons. The van der Waals surface area contributed by atoms with Crippen LogP contribution in [0, 0.1) is 0 Å². The number of nitrogens with zero attached hydrogens (tertiary/aromatic N) is 3. The van der Waals surface area contributed by atoms with Gasteiger partial charge in [-0.05, 0) is 31.2 Å². The quantitative estimate of drug-likeness (QED) is 0.693. The summed E-state index contributed by atoms with van der Waals surface area (Å²) in [5.41, 5.74) is 2.87. The van der Waals surface area contributed by atoms with Crippen molar-refractivity contribution in [2.75, 3.05) is 6.61 Å². The predicted molar refractivity (Wildman–Crippen MR) is 79.9 cm³/mol. The first-order chi connectivity index (χ1) is 10.2. The molecule has 0 radical (unpaired) electrons. The van der Waals surface area contributed by atoms with Crippen molar-refractivity contribution < 1.29 is 9.53 Å². The first-order valence-electron chi connectivity index (χ1n) is 6.76. The molecule has 0 fully saturated rings. The van der Waals surface area contributed by atoms with E-state index in [9.17, 15) is 4.79 Å². The molecule has 5 nitrogen and oxygen atoms in total. The highest BCUT2D eigenvalue weighted by Crippen LogP contribution is 2.22. The highest BCUT2D eigenvalue weighted by Gasteiger charge is 2.14. The van der Waals surface area contributed by atoms with Crippen LogP contribution in [0.1, 0.15) is 17.4 Å². The lowest BCUT2D eigenvalue weighted by Gasteiger charge is -2.04. The molecule has 0 aliphatic heterocycles. The largest absolute Gasteiger partial charge is 0.461 e. The van der Waals surface area contributed by atoms with Crippen LogP contribution in [0.3, 0.4) is 0 Å². The van der Waals surface area contributed by atoms with Crippen LogP contribution in [-0.2, 0) is 11.8 Å². The van der Waals surface area contributed by atoms with Crippen molar-refractivity contribution in [2.24, 2.45) is 7.05 Å². The molecule has 0 bridgehead atoms. The van der Waals surface area contributed by atoms with Crippen LogP contribution in [0.15, 0.2) is 42.5 Å². The summed E-state index contributed by atoms with van der Waals surface area (Å²) < 4.78 is 6.94. The van der Waals surface area contributed by atoms with Crippen molar-refractivity contribution in [1.29, 1.82) is 0 Å². The third-order valence-electron chi connectivity index (χ3n) is 3.25. The number of imidazole rings is 1. The summed E-state index contributed by atoms with van der Waals surface area (Å²) in [6.45, 7) is 2.10. The number of carbonyl (C=O) groups excluding carboxylic acids is 1. The second-order valence-electron chi connectivity index (χ2n) is 4.61. The van der Waals surface area contributed by atoms with E-state index in [1.54, 1.807) is 19.1 Å². The number of pyridine rings is 1. The lowest BCUT2D eigenvalue weighted by molar-refractivity contribution is 0.0519. The molecule has 0 atom stereocenters. The van der Waals surface area contributed by atoms with Gasteiger partial charge in [0.25, 0.3) is 0 Å². The fourth-order valence-corrected chi connectivity index (χ4v) is 2.25. The first-order valence-corrected chi connectivity index (χ1v) is 6.76. The normalized spacial score (nSPS) is 10.8. The number of para-hydroxylation sites is 2. The summed E-state index contributed by atoms with van der Waals surface area (Å²) in [4.78, 5) is 20.7. The Morgan fingerprint density at radius 1 is 1.14 bits per heavy atom. The van der Waals surface area contributed by atoms with Gasteiger partial charge < -0.3 is 9.30 Å². The van der Waals surface area contributed by atoms with Crippen LogP contribution in [0.2, 0.25) is 0 Å². The van der Waals surface area contributed by atoms with E-state index in [1.165, 1.54) is 0 Å². The summed E-state index contributed by atoms with van der Waals surface area (Å²) in [5.74, 6) is 0.306. The van der Waals surface area contributed by atoms with Gasteiger partial charge in [-0.2, -0.15) is 0 Å². The molecular weight excluding hydrogens is 266 g/mol. The van der Waals surface area contributed by atoms with Crippen molar-refractivity contribution in [3.63, 3.8) is 0 Å². The number of carbonyl (C=O) groups is 1. The molecule has 0 saturated carbocycles. The van der Waals surface area contributed by atoms with Gasteiger partial charge >= 0.3 is 5.97 Å². The van der Waals surface area contributed by atoms with Crippen LogP contribution < -0.4 is 0 Å². The average Bonchev–Trinajstić information content (AvgIpc) is 2.85. The van der Waals surface area contributed by atoms with E-state index in [4.69, 9.17) is 4.74 Å². The smallest absolute Gasteiger partial charge is 0.356 e. The fourth-order valence-electron chi connectivity index (χ4n) is 2.25. The molecule has 2 heterocycles. The van der Waals surface area contributed by atoms with Gasteiger partial charge in [0.05, 0.1) is 17.6 Å². The standard InChI is InChI=1S/C16H15N3O2/c1-3-21-16(20)13-9-6-8-12(17-13)15-18-11-7-4-5-10-14(11)19(15)2/h4-10H,3H2,1-2H3. The van der Waals surface area contributed by atoms with Gasteiger partial charge in [0.2, 0.25) is 0 Å². The Balaban J connectivity index is 2.08. The van der Waals surface area contributed by atoms with E-state index in [2.05, 4.69) is 9.97 Å². The molecule has 21 heavy (non-hydrogen) atoms. The zero-order valence-electron chi connectivity index (χ0n) is 11.9. The number of ether oxygens (including phenoxy) is 1. The molecule has 0 aliphatic carbocycles. The van der Waals surface area contributed by atoms with Gasteiger partial charge in [0.1, 0.15) is 11.4 Å². The first kappa shape index (κ1) is 13.3. The summed E-state index contributed by atoms with van der Waals surface area (Å²) in [7, 11) is 1.93.